The van der Waals surface area contributed by atoms with Crippen molar-refractivity contribution in [2.75, 3.05) is 27.2 Å². The summed E-state index contributed by atoms with van der Waals surface area (Å²) >= 11 is 0. The zero-order valence-electron chi connectivity index (χ0n) is 9.57. The molecule has 0 aromatic heterocycles. The van der Waals surface area contributed by atoms with Gasteiger partial charge in [-0.1, -0.05) is 12.1 Å². The standard InChI is InChI=1S/C13H19NO/c1-14-9-3-4-12(10-14)11-5-7-13(15-2)8-6-11/h5-8,12H,3-4,9-10H2,1-2H3. The molecule has 1 aliphatic rings. The number of nitrogens with zero attached hydrogens (tertiary/aromatic N) is 1. The number of likely N-dealkylation sites (N-methyl/N-ethyl adjacent to an activating group) is 1. The van der Waals surface area contributed by atoms with E-state index >= 15 is 0 Å². The molecule has 1 aliphatic heterocycles. The van der Waals surface area contributed by atoms with Crippen LogP contribution in [0.4, 0.5) is 0 Å². The monoisotopic (exact) mass is 205 g/mol. The highest BCUT2D eigenvalue weighted by atomic mass is 16.5. The molecule has 2 heteroatoms. The lowest BCUT2D eigenvalue weighted by atomic mass is 9.91. The molecule has 1 heterocycles. The second-order valence-corrected chi connectivity index (χ2v) is 4.37. The van der Waals surface area contributed by atoms with E-state index in [-0.39, 0.29) is 0 Å². The SMILES string of the molecule is COc1ccc(C2CCCN(C)C2)cc1. The van der Waals surface area contributed by atoms with Gasteiger partial charge in [0, 0.05) is 6.54 Å². The van der Waals surface area contributed by atoms with E-state index in [1.807, 2.05) is 0 Å². The van der Waals surface area contributed by atoms with Crippen LogP contribution in [0.15, 0.2) is 24.3 Å². The van der Waals surface area contributed by atoms with Gasteiger partial charge in [0.15, 0.2) is 0 Å². The first-order valence-corrected chi connectivity index (χ1v) is 5.62. The Hall–Kier alpha value is -1.02. The van der Waals surface area contributed by atoms with Gasteiger partial charge < -0.3 is 9.64 Å². The molecular weight excluding hydrogens is 186 g/mol. The molecule has 1 unspecified atom stereocenters. The summed E-state index contributed by atoms with van der Waals surface area (Å²) in [4.78, 5) is 2.42. The van der Waals surface area contributed by atoms with E-state index in [4.69, 9.17) is 4.74 Å². The van der Waals surface area contributed by atoms with Gasteiger partial charge in [0.2, 0.25) is 0 Å². The third-order valence-corrected chi connectivity index (χ3v) is 3.21. The van der Waals surface area contributed by atoms with Crippen LogP contribution in [0.3, 0.4) is 0 Å². The largest absolute Gasteiger partial charge is 0.497 e. The van der Waals surface area contributed by atoms with Crippen LogP contribution >= 0.6 is 0 Å². The number of hydrogen-bond acceptors (Lipinski definition) is 2. The summed E-state index contributed by atoms with van der Waals surface area (Å²) in [6, 6.07) is 8.51. The number of hydrogen-bond donors (Lipinski definition) is 0. The number of benzene rings is 1. The summed E-state index contributed by atoms with van der Waals surface area (Å²) in [6.45, 7) is 2.43. The lowest BCUT2D eigenvalue weighted by molar-refractivity contribution is 0.251. The summed E-state index contributed by atoms with van der Waals surface area (Å²) in [5, 5.41) is 0. The van der Waals surface area contributed by atoms with Gasteiger partial charge in [0.05, 0.1) is 7.11 Å². The Labute approximate surface area is 91.9 Å². The van der Waals surface area contributed by atoms with E-state index in [1.54, 1.807) is 7.11 Å². The predicted octanol–water partition coefficient (Wildman–Crippen LogP) is 2.50. The Balaban J connectivity index is 2.07. The zero-order valence-corrected chi connectivity index (χ0v) is 9.57. The molecule has 1 aromatic carbocycles. The van der Waals surface area contributed by atoms with Crippen molar-refractivity contribution in [2.24, 2.45) is 0 Å². The fourth-order valence-electron chi connectivity index (χ4n) is 2.31. The zero-order chi connectivity index (χ0) is 10.7. The molecule has 0 bridgehead atoms. The maximum atomic E-state index is 5.17. The van der Waals surface area contributed by atoms with Crippen molar-refractivity contribution >= 4 is 0 Å². The molecular formula is C13H19NO. The minimum Gasteiger partial charge on any atom is -0.497 e. The maximum Gasteiger partial charge on any atom is 0.118 e. The molecule has 0 spiro atoms. The van der Waals surface area contributed by atoms with Crippen LogP contribution in [-0.4, -0.2) is 32.1 Å². The van der Waals surface area contributed by atoms with Gasteiger partial charge in [-0.3, -0.25) is 0 Å². The average molecular weight is 205 g/mol. The quantitative estimate of drug-likeness (QED) is 0.735. The molecule has 0 amide bonds. The minimum atomic E-state index is 0.703. The molecule has 82 valence electrons. The summed E-state index contributed by atoms with van der Waals surface area (Å²) < 4.78 is 5.17. The van der Waals surface area contributed by atoms with Crippen molar-refractivity contribution < 1.29 is 4.74 Å². The number of rotatable bonds is 2. The Morgan fingerprint density at radius 1 is 1.27 bits per heavy atom. The highest BCUT2D eigenvalue weighted by Crippen LogP contribution is 2.27. The second kappa shape index (κ2) is 4.67. The van der Waals surface area contributed by atoms with Crippen LogP contribution in [0.2, 0.25) is 0 Å². The first-order chi connectivity index (χ1) is 7.29. The number of likely N-dealkylation sites (tertiary alicyclic amines) is 1. The van der Waals surface area contributed by atoms with Crippen molar-refractivity contribution in [3.63, 3.8) is 0 Å². The topological polar surface area (TPSA) is 12.5 Å². The van der Waals surface area contributed by atoms with Crippen LogP contribution in [0.1, 0.15) is 24.3 Å². The Morgan fingerprint density at radius 2 is 2.00 bits per heavy atom. The maximum absolute atomic E-state index is 5.17. The minimum absolute atomic E-state index is 0.703. The summed E-state index contributed by atoms with van der Waals surface area (Å²) in [6.07, 6.45) is 2.63. The van der Waals surface area contributed by atoms with Gasteiger partial charge in [0.1, 0.15) is 5.75 Å². The highest BCUT2D eigenvalue weighted by molar-refractivity contribution is 5.29. The lowest BCUT2D eigenvalue weighted by Gasteiger charge is -2.29. The van der Waals surface area contributed by atoms with Gasteiger partial charge in [-0.15, -0.1) is 0 Å². The molecule has 0 aliphatic carbocycles. The average Bonchev–Trinajstić information content (AvgIpc) is 2.29. The molecule has 0 radical (unpaired) electrons. The van der Waals surface area contributed by atoms with E-state index in [2.05, 4.69) is 36.2 Å². The van der Waals surface area contributed by atoms with Gasteiger partial charge >= 0.3 is 0 Å². The molecule has 0 saturated carbocycles. The van der Waals surface area contributed by atoms with Crippen molar-refractivity contribution in [3.05, 3.63) is 29.8 Å². The molecule has 1 atom stereocenters. The molecule has 2 nitrogen and oxygen atoms in total. The van der Waals surface area contributed by atoms with Gasteiger partial charge in [-0.05, 0) is 50.0 Å². The van der Waals surface area contributed by atoms with Crippen LogP contribution in [0, 0.1) is 0 Å². The summed E-state index contributed by atoms with van der Waals surface area (Å²) in [5.41, 5.74) is 1.45. The molecule has 1 fully saturated rings. The van der Waals surface area contributed by atoms with E-state index in [0.717, 1.165) is 5.75 Å². The first-order valence-electron chi connectivity index (χ1n) is 5.62. The predicted molar refractivity (Wildman–Crippen MR) is 62.5 cm³/mol. The van der Waals surface area contributed by atoms with Crippen molar-refractivity contribution in [3.8, 4) is 5.75 Å². The van der Waals surface area contributed by atoms with Crippen molar-refractivity contribution in [2.45, 2.75) is 18.8 Å². The smallest absolute Gasteiger partial charge is 0.118 e. The molecule has 15 heavy (non-hydrogen) atoms. The highest BCUT2D eigenvalue weighted by Gasteiger charge is 2.18. The Kier molecular flexibility index (Phi) is 3.27. The fourth-order valence-corrected chi connectivity index (χ4v) is 2.31. The van der Waals surface area contributed by atoms with Crippen molar-refractivity contribution in [1.82, 2.24) is 4.90 Å². The first kappa shape index (κ1) is 10.5. The summed E-state index contributed by atoms with van der Waals surface area (Å²) in [5.74, 6) is 1.65. The molecule has 1 aromatic rings. The van der Waals surface area contributed by atoms with Crippen LogP contribution in [-0.2, 0) is 0 Å². The third kappa shape index (κ3) is 2.51. The molecule has 0 N–H and O–H groups in total. The van der Waals surface area contributed by atoms with Crippen LogP contribution in [0.25, 0.3) is 0 Å². The number of methoxy groups -OCH3 is 1. The van der Waals surface area contributed by atoms with Gasteiger partial charge in [-0.2, -0.15) is 0 Å². The van der Waals surface area contributed by atoms with E-state index in [0.29, 0.717) is 5.92 Å². The third-order valence-electron chi connectivity index (χ3n) is 3.21. The van der Waals surface area contributed by atoms with E-state index in [9.17, 15) is 0 Å². The Morgan fingerprint density at radius 3 is 2.60 bits per heavy atom. The normalized spacial score (nSPS) is 22.7. The van der Waals surface area contributed by atoms with E-state index in [1.165, 1.54) is 31.5 Å². The summed E-state index contributed by atoms with van der Waals surface area (Å²) in [7, 11) is 3.92. The van der Waals surface area contributed by atoms with Crippen LogP contribution in [0.5, 0.6) is 5.75 Å². The second-order valence-electron chi connectivity index (χ2n) is 4.37. The van der Waals surface area contributed by atoms with Gasteiger partial charge in [-0.25, -0.2) is 0 Å². The number of piperidine rings is 1. The van der Waals surface area contributed by atoms with E-state index < -0.39 is 0 Å². The number of ether oxygens (including phenoxy) is 1. The molecule has 2 rings (SSSR count). The Bertz CT molecular complexity index is 307. The van der Waals surface area contributed by atoms with Crippen molar-refractivity contribution in [1.29, 1.82) is 0 Å². The van der Waals surface area contributed by atoms with Gasteiger partial charge in [0.25, 0.3) is 0 Å². The fraction of sp³-hybridized carbons (Fsp3) is 0.538. The lowest BCUT2D eigenvalue weighted by Crippen LogP contribution is -2.30. The molecule has 1 saturated heterocycles. The van der Waals surface area contributed by atoms with Crippen LogP contribution < -0.4 is 4.74 Å².